The van der Waals surface area contributed by atoms with Gasteiger partial charge in [-0.2, -0.15) is 5.10 Å². The number of anilines is 1. The van der Waals surface area contributed by atoms with Crippen LogP contribution in [0, 0.1) is 13.8 Å². The summed E-state index contributed by atoms with van der Waals surface area (Å²) in [5.74, 6) is -0.596. The van der Waals surface area contributed by atoms with Crippen LogP contribution < -0.4 is 10.6 Å². The predicted octanol–water partition coefficient (Wildman–Crippen LogP) is 2.45. The Kier molecular flexibility index (Phi) is 4.65. The van der Waals surface area contributed by atoms with Crippen molar-refractivity contribution in [3.63, 3.8) is 0 Å². The van der Waals surface area contributed by atoms with Crippen LogP contribution in [-0.2, 0) is 4.79 Å². The molecule has 1 aromatic carbocycles. The third-order valence-corrected chi connectivity index (χ3v) is 3.54. The van der Waals surface area contributed by atoms with Crippen molar-refractivity contribution in [2.45, 2.75) is 13.8 Å². The van der Waals surface area contributed by atoms with Crippen molar-refractivity contribution in [3.05, 3.63) is 65.9 Å². The molecule has 0 bridgehead atoms. The molecule has 0 saturated carbocycles. The topological polar surface area (TPSA) is 89.2 Å². The molecule has 0 aliphatic rings. The summed E-state index contributed by atoms with van der Waals surface area (Å²) >= 11 is 0. The Labute approximate surface area is 144 Å². The minimum absolute atomic E-state index is 0.149. The summed E-state index contributed by atoms with van der Waals surface area (Å²) in [5.41, 5.74) is 3.41. The smallest absolute Gasteiger partial charge is 0.287 e. The van der Waals surface area contributed by atoms with Crippen molar-refractivity contribution >= 4 is 17.5 Å². The standard InChI is InChI=1S/C18H18N4O3/c1-12-9-13(2)22(21-12)15-6-3-5-14(10-15)20-17(23)11-19-18(24)16-7-4-8-25-16/h3-10H,11H2,1-2H3,(H,19,24)(H,20,23). The van der Waals surface area contributed by atoms with E-state index in [0.29, 0.717) is 5.69 Å². The second-order valence-electron chi connectivity index (χ2n) is 5.60. The number of benzene rings is 1. The summed E-state index contributed by atoms with van der Waals surface area (Å²) in [7, 11) is 0. The number of rotatable bonds is 5. The molecule has 2 amide bonds. The summed E-state index contributed by atoms with van der Waals surface area (Å²) in [6, 6.07) is 12.5. The molecule has 3 rings (SSSR count). The van der Waals surface area contributed by atoms with E-state index in [0.717, 1.165) is 17.1 Å². The molecule has 25 heavy (non-hydrogen) atoms. The third kappa shape index (κ3) is 3.95. The Morgan fingerprint density at radius 3 is 2.68 bits per heavy atom. The van der Waals surface area contributed by atoms with Gasteiger partial charge >= 0.3 is 0 Å². The molecule has 0 radical (unpaired) electrons. The SMILES string of the molecule is Cc1cc(C)n(-c2cccc(NC(=O)CNC(=O)c3ccco3)c2)n1. The highest BCUT2D eigenvalue weighted by atomic mass is 16.3. The van der Waals surface area contributed by atoms with E-state index < -0.39 is 5.91 Å². The first kappa shape index (κ1) is 16.5. The number of nitrogens with zero attached hydrogens (tertiary/aromatic N) is 2. The lowest BCUT2D eigenvalue weighted by Crippen LogP contribution is -2.32. The van der Waals surface area contributed by atoms with Crippen LogP contribution in [0.5, 0.6) is 0 Å². The van der Waals surface area contributed by atoms with E-state index in [2.05, 4.69) is 15.7 Å². The monoisotopic (exact) mass is 338 g/mol. The summed E-state index contributed by atoms with van der Waals surface area (Å²) < 4.78 is 6.78. The third-order valence-electron chi connectivity index (χ3n) is 3.54. The van der Waals surface area contributed by atoms with Crippen LogP contribution in [0.4, 0.5) is 5.69 Å². The van der Waals surface area contributed by atoms with Crippen molar-refractivity contribution in [2.24, 2.45) is 0 Å². The van der Waals surface area contributed by atoms with Crippen molar-refractivity contribution < 1.29 is 14.0 Å². The van der Waals surface area contributed by atoms with E-state index in [4.69, 9.17) is 4.42 Å². The zero-order chi connectivity index (χ0) is 17.8. The van der Waals surface area contributed by atoms with Gasteiger partial charge in [-0.05, 0) is 50.2 Å². The molecule has 7 heteroatoms. The molecule has 0 unspecified atom stereocenters. The number of carbonyl (C=O) groups excluding carboxylic acids is 2. The number of nitrogens with one attached hydrogen (secondary N) is 2. The Morgan fingerprint density at radius 1 is 1.16 bits per heavy atom. The van der Waals surface area contributed by atoms with Crippen LogP contribution in [-0.4, -0.2) is 28.1 Å². The lowest BCUT2D eigenvalue weighted by atomic mass is 10.2. The molecule has 2 aromatic heterocycles. The van der Waals surface area contributed by atoms with Crippen molar-refractivity contribution in [1.82, 2.24) is 15.1 Å². The van der Waals surface area contributed by atoms with Gasteiger partial charge in [-0.25, -0.2) is 4.68 Å². The zero-order valence-electron chi connectivity index (χ0n) is 13.9. The van der Waals surface area contributed by atoms with E-state index in [1.54, 1.807) is 12.1 Å². The Hall–Kier alpha value is -3.35. The maximum Gasteiger partial charge on any atom is 0.287 e. The Bertz CT molecular complexity index is 897. The second kappa shape index (κ2) is 7.04. The molecule has 128 valence electrons. The molecular formula is C18H18N4O3. The second-order valence-corrected chi connectivity index (χ2v) is 5.60. The van der Waals surface area contributed by atoms with Crippen LogP contribution in [0.15, 0.2) is 53.1 Å². The van der Waals surface area contributed by atoms with Gasteiger partial charge < -0.3 is 15.1 Å². The van der Waals surface area contributed by atoms with E-state index >= 15 is 0 Å². The number of furan rings is 1. The number of aryl methyl sites for hydroxylation is 2. The molecule has 0 aliphatic heterocycles. The maximum absolute atomic E-state index is 12.0. The highest BCUT2D eigenvalue weighted by Gasteiger charge is 2.11. The number of hydrogen-bond acceptors (Lipinski definition) is 4. The number of amides is 2. The van der Waals surface area contributed by atoms with Crippen molar-refractivity contribution in [3.8, 4) is 5.69 Å². The first-order chi connectivity index (χ1) is 12.0. The summed E-state index contributed by atoms with van der Waals surface area (Å²) in [5, 5.41) is 9.68. The van der Waals surface area contributed by atoms with E-state index in [1.807, 2.05) is 42.8 Å². The Balaban J connectivity index is 1.63. The van der Waals surface area contributed by atoms with Gasteiger partial charge in [0.2, 0.25) is 5.91 Å². The van der Waals surface area contributed by atoms with Gasteiger partial charge in [0, 0.05) is 11.4 Å². The van der Waals surface area contributed by atoms with Crippen molar-refractivity contribution in [2.75, 3.05) is 11.9 Å². The van der Waals surface area contributed by atoms with E-state index in [9.17, 15) is 9.59 Å². The molecule has 0 fully saturated rings. The molecule has 7 nitrogen and oxygen atoms in total. The summed E-state index contributed by atoms with van der Waals surface area (Å²) in [6.45, 7) is 3.75. The number of aromatic nitrogens is 2. The fourth-order valence-corrected chi connectivity index (χ4v) is 2.47. The molecule has 0 atom stereocenters. The van der Waals surface area contributed by atoms with Crippen LogP contribution in [0.25, 0.3) is 5.69 Å². The molecule has 0 saturated heterocycles. The normalized spacial score (nSPS) is 10.5. The van der Waals surface area contributed by atoms with Gasteiger partial charge in [0.25, 0.3) is 5.91 Å². The van der Waals surface area contributed by atoms with E-state index in [-0.39, 0.29) is 18.2 Å². The van der Waals surface area contributed by atoms with Crippen molar-refractivity contribution in [1.29, 1.82) is 0 Å². The first-order valence-electron chi connectivity index (χ1n) is 7.78. The van der Waals surface area contributed by atoms with Crippen LogP contribution in [0.2, 0.25) is 0 Å². The highest BCUT2D eigenvalue weighted by Crippen LogP contribution is 2.16. The minimum Gasteiger partial charge on any atom is -0.459 e. The molecule has 0 aliphatic carbocycles. The summed E-state index contributed by atoms with van der Waals surface area (Å²) in [4.78, 5) is 23.8. The molecule has 3 aromatic rings. The van der Waals surface area contributed by atoms with Gasteiger partial charge in [-0.15, -0.1) is 0 Å². The van der Waals surface area contributed by atoms with Gasteiger partial charge in [0.15, 0.2) is 5.76 Å². The fourth-order valence-electron chi connectivity index (χ4n) is 2.47. The number of carbonyl (C=O) groups is 2. The first-order valence-corrected chi connectivity index (χ1v) is 7.78. The maximum atomic E-state index is 12.0. The van der Waals surface area contributed by atoms with Crippen LogP contribution >= 0.6 is 0 Å². The molecular weight excluding hydrogens is 320 g/mol. The quantitative estimate of drug-likeness (QED) is 0.748. The highest BCUT2D eigenvalue weighted by molar-refractivity contribution is 5.98. The summed E-state index contributed by atoms with van der Waals surface area (Å²) in [6.07, 6.45) is 1.40. The van der Waals surface area contributed by atoms with Gasteiger partial charge in [-0.1, -0.05) is 6.07 Å². The predicted molar refractivity (Wildman–Crippen MR) is 92.7 cm³/mol. The average molecular weight is 338 g/mol. The molecule has 2 N–H and O–H groups in total. The van der Waals surface area contributed by atoms with E-state index in [1.165, 1.54) is 12.3 Å². The minimum atomic E-state index is -0.434. The van der Waals surface area contributed by atoms with Gasteiger partial charge in [-0.3, -0.25) is 9.59 Å². The van der Waals surface area contributed by atoms with Crippen LogP contribution in [0.3, 0.4) is 0 Å². The number of hydrogen-bond donors (Lipinski definition) is 2. The molecule has 0 spiro atoms. The lowest BCUT2D eigenvalue weighted by Gasteiger charge is -2.09. The average Bonchev–Trinajstić information content (AvgIpc) is 3.22. The molecule has 2 heterocycles. The lowest BCUT2D eigenvalue weighted by molar-refractivity contribution is -0.115. The largest absolute Gasteiger partial charge is 0.459 e. The Morgan fingerprint density at radius 2 is 2.00 bits per heavy atom. The van der Waals surface area contributed by atoms with Gasteiger partial charge in [0.1, 0.15) is 0 Å². The van der Waals surface area contributed by atoms with Gasteiger partial charge in [0.05, 0.1) is 24.2 Å². The fraction of sp³-hybridized carbons (Fsp3) is 0.167. The van der Waals surface area contributed by atoms with Crippen LogP contribution in [0.1, 0.15) is 21.9 Å². The zero-order valence-corrected chi connectivity index (χ0v) is 13.9.